The Bertz CT molecular complexity index is 4190. The Kier molecular flexibility index (Phi) is 11.9. The number of aryl methyl sites for hydroxylation is 8. The minimum Gasteiger partial charge on any atom is -0.278 e. The molecule has 0 aliphatic carbocycles. The predicted octanol–water partition coefficient (Wildman–Crippen LogP) is 19.0. The molecule has 13 aromatic rings. The molecule has 376 valence electrons. The zero-order valence-corrected chi connectivity index (χ0v) is 45.4. The maximum Gasteiger partial charge on any atom is 0.220 e. The number of benzene rings is 9. The molecular formula is C73H59N5. The van der Waals surface area contributed by atoms with Crippen molar-refractivity contribution in [2.24, 2.45) is 0 Å². The van der Waals surface area contributed by atoms with Gasteiger partial charge in [-0.2, -0.15) is 0 Å². The van der Waals surface area contributed by atoms with Gasteiger partial charge in [-0.3, -0.25) is 8.97 Å². The van der Waals surface area contributed by atoms with Crippen molar-refractivity contribution in [2.75, 3.05) is 0 Å². The molecule has 5 heteroatoms. The van der Waals surface area contributed by atoms with E-state index in [1.165, 1.54) is 55.6 Å². The lowest BCUT2D eigenvalue weighted by molar-refractivity contribution is 1.11. The maximum absolute atomic E-state index is 5.47. The molecule has 4 aromatic heterocycles. The predicted molar refractivity (Wildman–Crippen MR) is 327 cm³/mol. The lowest BCUT2D eigenvalue weighted by atomic mass is 9.92. The first kappa shape index (κ1) is 48.2. The zero-order valence-electron chi connectivity index (χ0n) is 45.4. The Morgan fingerprint density at radius 3 is 1.14 bits per heavy atom. The van der Waals surface area contributed by atoms with Crippen LogP contribution >= 0.6 is 0 Å². The van der Waals surface area contributed by atoms with E-state index in [9.17, 15) is 0 Å². The van der Waals surface area contributed by atoms with Crippen molar-refractivity contribution in [3.8, 4) is 95.2 Å². The first-order valence-electron chi connectivity index (χ1n) is 27.0. The minimum absolute atomic E-state index is 0.862. The summed E-state index contributed by atoms with van der Waals surface area (Å²) in [5, 5.41) is 0. The van der Waals surface area contributed by atoms with Gasteiger partial charge in [-0.05, 0) is 201 Å². The number of rotatable bonds is 9. The Morgan fingerprint density at radius 1 is 0.269 bits per heavy atom. The molecule has 5 nitrogen and oxygen atoms in total. The molecule has 0 aliphatic heterocycles. The third-order valence-electron chi connectivity index (χ3n) is 15.6. The molecule has 0 radical (unpaired) electrons. The molecule has 0 unspecified atom stereocenters. The summed E-state index contributed by atoms with van der Waals surface area (Å²) in [5.41, 5.74) is 32.2. The monoisotopic (exact) mass is 1010 g/mol. The van der Waals surface area contributed by atoms with E-state index in [0.29, 0.717) is 0 Å². The van der Waals surface area contributed by atoms with E-state index < -0.39 is 0 Å². The van der Waals surface area contributed by atoms with E-state index in [2.05, 4.69) is 277 Å². The highest BCUT2D eigenvalue weighted by Gasteiger charge is 2.21. The van der Waals surface area contributed by atoms with Gasteiger partial charge >= 0.3 is 0 Å². The minimum atomic E-state index is 0.862. The Hall–Kier alpha value is -9.45. The standard InChI is InChI=1S/C73H59N5/c1-44-23-27-61(48(5)31-44)58-40-66(74-68(42-58)63-29-25-46(3)33-50(63)7)54-17-13-15-52(35-54)56-37-57(39-60(38-56)77-71-21-11-12-22-72(71)78-70-20-10-9-19-65(70)76-73(77)78)53-16-14-18-55(36-53)67-41-59(62-28-24-45(2)32-49(62)6)43-69(75-67)64-30-26-47(4)34-51(64)8/h9-43H,1-8H3. The average molecular weight is 1010 g/mol. The van der Waals surface area contributed by atoms with Crippen molar-refractivity contribution in [1.29, 1.82) is 0 Å². The van der Waals surface area contributed by atoms with E-state index in [1.54, 1.807) is 0 Å². The molecule has 0 bridgehead atoms. The smallest absolute Gasteiger partial charge is 0.220 e. The summed E-state index contributed by atoms with van der Waals surface area (Å²) in [6.45, 7) is 17.4. The number of fused-ring (bicyclic) bond motifs is 5. The molecule has 0 amide bonds. The molecule has 0 atom stereocenters. The second kappa shape index (κ2) is 19.3. The van der Waals surface area contributed by atoms with Gasteiger partial charge in [0.2, 0.25) is 5.78 Å². The molecule has 0 aliphatic rings. The van der Waals surface area contributed by atoms with Gasteiger partial charge in [-0.25, -0.2) is 15.0 Å². The van der Waals surface area contributed by atoms with Crippen molar-refractivity contribution in [3.05, 3.63) is 257 Å². The highest BCUT2D eigenvalue weighted by molar-refractivity contribution is 5.93. The van der Waals surface area contributed by atoms with Crippen LogP contribution in [0, 0.1) is 55.4 Å². The summed E-state index contributed by atoms with van der Waals surface area (Å²) in [4.78, 5) is 16.3. The number of imidazole rings is 2. The second-order valence-corrected chi connectivity index (χ2v) is 21.5. The number of pyridine rings is 2. The fraction of sp³-hybridized carbons (Fsp3) is 0.110. The third-order valence-corrected chi connectivity index (χ3v) is 15.6. The van der Waals surface area contributed by atoms with Gasteiger partial charge < -0.3 is 0 Å². The Morgan fingerprint density at radius 2 is 0.667 bits per heavy atom. The molecule has 78 heavy (non-hydrogen) atoms. The summed E-state index contributed by atoms with van der Waals surface area (Å²) in [7, 11) is 0. The molecule has 0 fully saturated rings. The van der Waals surface area contributed by atoms with Gasteiger partial charge in [-0.1, -0.05) is 156 Å². The van der Waals surface area contributed by atoms with Gasteiger partial charge in [0.1, 0.15) is 0 Å². The molecule has 0 saturated heterocycles. The molecule has 9 aromatic carbocycles. The average Bonchev–Trinajstić information content (AvgIpc) is 4.15. The summed E-state index contributed by atoms with van der Waals surface area (Å²) < 4.78 is 4.62. The first-order valence-corrected chi connectivity index (χ1v) is 27.0. The molecular weight excluding hydrogens is 947 g/mol. The van der Waals surface area contributed by atoms with Crippen LogP contribution in [0.3, 0.4) is 0 Å². The van der Waals surface area contributed by atoms with E-state index in [-0.39, 0.29) is 0 Å². The van der Waals surface area contributed by atoms with Gasteiger partial charge in [0.05, 0.1) is 50.5 Å². The lowest BCUT2D eigenvalue weighted by Gasteiger charge is -2.16. The molecule has 13 rings (SSSR count). The van der Waals surface area contributed by atoms with Crippen LogP contribution in [0.2, 0.25) is 0 Å². The highest BCUT2D eigenvalue weighted by atomic mass is 15.2. The van der Waals surface area contributed by atoms with E-state index in [4.69, 9.17) is 15.0 Å². The molecule has 0 saturated carbocycles. The van der Waals surface area contributed by atoms with Crippen molar-refractivity contribution in [2.45, 2.75) is 55.4 Å². The number of hydrogen-bond acceptors (Lipinski definition) is 3. The SMILES string of the molecule is Cc1ccc(-c2cc(-c3cccc(-c4cc(-c5cccc(-c6cc(-c7ccc(C)cc7C)cc(-c7ccc(C)cc7C)n6)c5)cc(-n5c6ccccc6n6c7ccccc7nc56)c4)c3)nc(-c3ccc(C)cc3C)c2)c(C)c1. The van der Waals surface area contributed by atoms with E-state index in [1.807, 2.05) is 0 Å². The van der Waals surface area contributed by atoms with Crippen LogP contribution in [-0.2, 0) is 0 Å². The van der Waals surface area contributed by atoms with Crippen LogP contribution in [-0.4, -0.2) is 23.9 Å². The second-order valence-electron chi connectivity index (χ2n) is 21.5. The fourth-order valence-corrected chi connectivity index (χ4v) is 11.8. The quantitative estimate of drug-likeness (QED) is 0.145. The summed E-state index contributed by atoms with van der Waals surface area (Å²) in [6, 6.07) is 77.6. The van der Waals surface area contributed by atoms with Gasteiger partial charge in [-0.15, -0.1) is 0 Å². The highest BCUT2D eigenvalue weighted by Crippen LogP contribution is 2.40. The number of hydrogen-bond donors (Lipinski definition) is 0. The zero-order chi connectivity index (χ0) is 53.3. The number of nitrogens with zero attached hydrogens (tertiary/aromatic N) is 5. The van der Waals surface area contributed by atoms with Crippen molar-refractivity contribution < 1.29 is 0 Å². The Labute approximate surface area is 456 Å². The maximum atomic E-state index is 5.47. The molecule has 4 heterocycles. The number of para-hydroxylation sites is 4. The number of aromatic nitrogens is 5. The molecule has 0 N–H and O–H groups in total. The van der Waals surface area contributed by atoms with Crippen LogP contribution in [0.15, 0.2) is 212 Å². The summed E-state index contributed by atoms with van der Waals surface area (Å²) >= 11 is 0. The first-order chi connectivity index (χ1) is 37.9. The topological polar surface area (TPSA) is 48.0 Å². The van der Waals surface area contributed by atoms with Gasteiger partial charge in [0, 0.05) is 22.3 Å². The van der Waals surface area contributed by atoms with Crippen LogP contribution in [0.4, 0.5) is 0 Å². The largest absolute Gasteiger partial charge is 0.278 e. The van der Waals surface area contributed by atoms with Crippen molar-refractivity contribution in [1.82, 2.24) is 23.9 Å². The van der Waals surface area contributed by atoms with E-state index >= 15 is 0 Å². The molecule has 0 spiro atoms. The summed E-state index contributed by atoms with van der Waals surface area (Å²) in [5.74, 6) is 0.862. The van der Waals surface area contributed by atoms with Crippen molar-refractivity contribution in [3.63, 3.8) is 0 Å². The van der Waals surface area contributed by atoms with Gasteiger partial charge in [0.15, 0.2) is 0 Å². The lowest BCUT2D eigenvalue weighted by Crippen LogP contribution is -1.98. The van der Waals surface area contributed by atoms with Gasteiger partial charge in [0.25, 0.3) is 0 Å². The van der Waals surface area contributed by atoms with Crippen LogP contribution in [0.25, 0.3) is 123 Å². The summed E-state index contributed by atoms with van der Waals surface area (Å²) in [6.07, 6.45) is 0. The van der Waals surface area contributed by atoms with Crippen LogP contribution < -0.4 is 0 Å². The van der Waals surface area contributed by atoms with Crippen LogP contribution in [0.1, 0.15) is 44.5 Å². The van der Waals surface area contributed by atoms with E-state index in [0.717, 1.165) is 112 Å². The fourth-order valence-electron chi connectivity index (χ4n) is 11.8. The van der Waals surface area contributed by atoms with Crippen molar-refractivity contribution >= 4 is 27.8 Å². The van der Waals surface area contributed by atoms with Crippen LogP contribution in [0.5, 0.6) is 0 Å². The third kappa shape index (κ3) is 8.77. The Balaban J connectivity index is 1.01. The normalized spacial score (nSPS) is 11.6.